The molecule has 2 aliphatic heterocycles. The normalized spacial score (nSPS) is 27.0. The fraction of sp³-hybridized carbons (Fsp3) is 0.696. The summed E-state index contributed by atoms with van der Waals surface area (Å²) in [6.07, 6.45) is 11.4. The van der Waals surface area contributed by atoms with E-state index in [0.717, 1.165) is 62.4 Å². The van der Waals surface area contributed by atoms with Crippen molar-refractivity contribution in [1.82, 2.24) is 10.6 Å². The van der Waals surface area contributed by atoms with E-state index in [-0.39, 0.29) is 29.3 Å². The van der Waals surface area contributed by atoms with Gasteiger partial charge in [-0.1, -0.05) is 32.1 Å². The van der Waals surface area contributed by atoms with Crippen molar-refractivity contribution in [2.45, 2.75) is 81.7 Å². The second-order valence-corrected chi connectivity index (χ2v) is 9.42. The number of rotatable bonds is 3. The second-order valence-electron chi connectivity index (χ2n) is 9.42. The number of nitrogens with zero attached hydrogens (tertiary/aromatic N) is 1. The molecule has 0 bridgehead atoms. The van der Waals surface area contributed by atoms with Gasteiger partial charge in [-0.2, -0.15) is 0 Å². The van der Waals surface area contributed by atoms with Gasteiger partial charge in [-0.25, -0.2) is 9.18 Å². The topological polar surface area (TPSA) is 44.4 Å². The quantitative estimate of drug-likeness (QED) is 0.806. The maximum absolute atomic E-state index is 14.3. The Kier molecular flexibility index (Phi) is 4.82. The summed E-state index contributed by atoms with van der Waals surface area (Å²) in [7, 11) is 0. The summed E-state index contributed by atoms with van der Waals surface area (Å²) in [6, 6.07) is 5.57. The van der Waals surface area contributed by atoms with Crippen LogP contribution in [0.5, 0.6) is 0 Å². The van der Waals surface area contributed by atoms with Gasteiger partial charge in [-0.05, 0) is 74.9 Å². The van der Waals surface area contributed by atoms with Crippen molar-refractivity contribution in [2.24, 2.45) is 5.92 Å². The van der Waals surface area contributed by atoms with Crippen LogP contribution < -0.4 is 15.5 Å². The van der Waals surface area contributed by atoms with E-state index in [1.165, 1.54) is 38.2 Å². The van der Waals surface area contributed by atoms with Crippen molar-refractivity contribution in [3.63, 3.8) is 0 Å². The van der Waals surface area contributed by atoms with Crippen molar-refractivity contribution < 1.29 is 9.18 Å². The SMILES string of the molecule is O=C(NC1CCCCC1)N1c2ccc(F)cc2C2(CCNCC2)[C@H]1CC1CC1. The molecule has 1 aromatic rings. The molecule has 4 aliphatic rings. The minimum absolute atomic E-state index is 0.0424. The smallest absolute Gasteiger partial charge is 0.322 e. The number of carbonyl (C=O) groups excluding carboxylic acids is 1. The van der Waals surface area contributed by atoms with E-state index in [1.54, 1.807) is 6.07 Å². The van der Waals surface area contributed by atoms with E-state index in [9.17, 15) is 9.18 Å². The molecule has 1 aromatic carbocycles. The number of urea groups is 1. The van der Waals surface area contributed by atoms with Gasteiger partial charge < -0.3 is 10.6 Å². The van der Waals surface area contributed by atoms with Crippen LogP contribution in [0.1, 0.15) is 69.8 Å². The summed E-state index contributed by atoms with van der Waals surface area (Å²) in [5.74, 6) is 0.539. The van der Waals surface area contributed by atoms with E-state index in [2.05, 4.69) is 10.6 Å². The summed E-state index contributed by atoms with van der Waals surface area (Å²) >= 11 is 0. The van der Waals surface area contributed by atoms with E-state index in [0.29, 0.717) is 0 Å². The summed E-state index contributed by atoms with van der Waals surface area (Å²) in [5.41, 5.74) is 1.91. The second kappa shape index (κ2) is 7.33. The van der Waals surface area contributed by atoms with Gasteiger partial charge >= 0.3 is 6.03 Å². The first-order chi connectivity index (χ1) is 13.7. The van der Waals surface area contributed by atoms with E-state index in [4.69, 9.17) is 0 Å². The van der Waals surface area contributed by atoms with Crippen molar-refractivity contribution in [3.05, 3.63) is 29.6 Å². The fourth-order valence-corrected chi connectivity index (χ4v) is 5.93. The number of amides is 2. The Bertz CT molecular complexity index is 735. The highest BCUT2D eigenvalue weighted by atomic mass is 19.1. The Balaban J connectivity index is 1.51. The zero-order valence-corrected chi connectivity index (χ0v) is 16.7. The van der Waals surface area contributed by atoms with Gasteiger partial charge in [0, 0.05) is 23.2 Å². The molecule has 0 aromatic heterocycles. The maximum Gasteiger partial charge on any atom is 0.322 e. The third-order valence-corrected chi connectivity index (χ3v) is 7.60. The number of piperidine rings is 1. The molecule has 5 rings (SSSR count). The highest BCUT2D eigenvalue weighted by Crippen LogP contribution is 2.54. The first kappa shape index (κ1) is 18.4. The molecule has 5 heteroatoms. The summed E-state index contributed by atoms with van der Waals surface area (Å²) in [5, 5.41) is 6.81. The van der Waals surface area contributed by atoms with Crippen LogP contribution in [0, 0.1) is 11.7 Å². The summed E-state index contributed by atoms with van der Waals surface area (Å²) in [4.78, 5) is 15.5. The van der Waals surface area contributed by atoms with Crippen LogP contribution in [0.4, 0.5) is 14.9 Å². The minimum Gasteiger partial charge on any atom is -0.335 e. The van der Waals surface area contributed by atoms with Crippen LogP contribution in [0.15, 0.2) is 18.2 Å². The summed E-state index contributed by atoms with van der Waals surface area (Å²) in [6.45, 7) is 1.88. The molecule has 2 amide bonds. The number of hydrogen-bond donors (Lipinski definition) is 2. The lowest BCUT2D eigenvalue weighted by atomic mass is 9.68. The van der Waals surface area contributed by atoms with E-state index >= 15 is 0 Å². The van der Waals surface area contributed by atoms with Gasteiger partial charge in [0.1, 0.15) is 5.82 Å². The van der Waals surface area contributed by atoms with Crippen LogP contribution in [0.25, 0.3) is 0 Å². The van der Waals surface area contributed by atoms with Crippen LogP contribution in [-0.2, 0) is 5.41 Å². The lowest BCUT2D eigenvalue weighted by Crippen LogP contribution is -2.55. The molecule has 3 fully saturated rings. The third kappa shape index (κ3) is 3.22. The highest BCUT2D eigenvalue weighted by molar-refractivity contribution is 5.96. The lowest BCUT2D eigenvalue weighted by Gasteiger charge is -2.42. The van der Waals surface area contributed by atoms with E-state index in [1.807, 2.05) is 11.0 Å². The maximum atomic E-state index is 14.3. The zero-order chi connectivity index (χ0) is 19.1. The van der Waals surface area contributed by atoms with Crippen molar-refractivity contribution >= 4 is 11.7 Å². The van der Waals surface area contributed by atoms with Crippen LogP contribution >= 0.6 is 0 Å². The lowest BCUT2D eigenvalue weighted by molar-refractivity contribution is 0.219. The van der Waals surface area contributed by atoms with Gasteiger partial charge in [0.15, 0.2) is 0 Å². The molecule has 1 spiro atoms. The minimum atomic E-state index is -0.184. The number of hydrogen-bond acceptors (Lipinski definition) is 2. The molecular weight excluding hydrogens is 353 g/mol. The number of fused-ring (bicyclic) bond motifs is 2. The first-order valence-electron chi connectivity index (χ1n) is 11.3. The Labute approximate surface area is 167 Å². The number of benzene rings is 1. The highest BCUT2D eigenvalue weighted by Gasteiger charge is 2.54. The molecule has 0 unspecified atom stereocenters. The van der Waals surface area contributed by atoms with Crippen molar-refractivity contribution in [1.29, 1.82) is 0 Å². The third-order valence-electron chi connectivity index (χ3n) is 7.60. The fourth-order valence-electron chi connectivity index (χ4n) is 5.93. The zero-order valence-electron chi connectivity index (χ0n) is 16.7. The van der Waals surface area contributed by atoms with Crippen molar-refractivity contribution in [3.8, 4) is 0 Å². The Morgan fingerprint density at radius 2 is 1.89 bits per heavy atom. The van der Waals surface area contributed by atoms with Gasteiger partial charge in [-0.15, -0.1) is 0 Å². The Hall–Kier alpha value is -1.62. The molecule has 2 aliphatic carbocycles. The predicted octanol–water partition coefficient (Wildman–Crippen LogP) is 4.48. The molecule has 2 N–H and O–H groups in total. The largest absolute Gasteiger partial charge is 0.335 e. The number of halogens is 1. The van der Waals surface area contributed by atoms with Gasteiger partial charge in [-0.3, -0.25) is 4.90 Å². The molecule has 4 nitrogen and oxygen atoms in total. The molecule has 2 saturated carbocycles. The van der Waals surface area contributed by atoms with E-state index < -0.39 is 0 Å². The standard InChI is InChI=1S/C23H32FN3O/c24-17-8-9-20-19(15-17)23(10-12-25-13-11-23)21(14-16-6-7-16)27(20)22(28)26-18-4-2-1-3-5-18/h8-9,15-16,18,21,25H,1-7,10-14H2,(H,26,28)/t21-/m1/s1. The van der Waals surface area contributed by atoms with Gasteiger partial charge in [0.25, 0.3) is 0 Å². The Morgan fingerprint density at radius 3 is 2.61 bits per heavy atom. The number of anilines is 1. The molecule has 1 atom stereocenters. The van der Waals surface area contributed by atoms with Gasteiger partial charge in [0.05, 0.1) is 0 Å². The van der Waals surface area contributed by atoms with Gasteiger partial charge in [0.2, 0.25) is 0 Å². The Morgan fingerprint density at radius 1 is 1.14 bits per heavy atom. The monoisotopic (exact) mass is 385 g/mol. The predicted molar refractivity (Wildman–Crippen MR) is 109 cm³/mol. The molecule has 28 heavy (non-hydrogen) atoms. The van der Waals surface area contributed by atoms with Crippen molar-refractivity contribution in [2.75, 3.05) is 18.0 Å². The summed E-state index contributed by atoms with van der Waals surface area (Å²) < 4.78 is 14.3. The average molecular weight is 386 g/mol. The molecule has 2 heterocycles. The first-order valence-corrected chi connectivity index (χ1v) is 11.3. The molecule has 0 radical (unpaired) electrons. The van der Waals surface area contributed by atoms with Crippen LogP contribution in [0.2, 0.25) is 0 Å². The molecule has 152 valence electrons. The average Bonchev–Trinajstić information content (AvgIpc) is 3.50. The number of carbonyl (C=O) groups is 1. The number of nitrogens with one attached hydrogen (secondary N) is 2. The molecular formula is C23H32FN3O. The molecule has 1 saturated heterocycles. The van der Waals surface area contributed by atoms with Crippen LogP contribution in [-0.4, -0.2) is 31.2 Å². The van der Waals surface area contributed by atoms with Crippen LogP contribution in [0.3, 0.4) is 0 Å².